The Morgan fingerprint density at radius 1 is 1.26 bits per heavy atom. The molecule has 0 unspecified atom stereocenters. The van der Waals surface area contributed by atoms with Gasteiger partial charge in [-0.15, -0.1) is 0 Å². The molecule has 0 aliphatic carbocycles. The number of Topliss-reactive ketones (excluding diaryl/α,β-unsaturated/α-hetero) is 1. The van der Waals surface area contributed by atoms with Crippen molar-refractivity contribution in [3.63, 3.8) is 0 Å². The summed E-state index contributed by atoms with van der Waals surface area (Å²) in [5, 5.41) is 7.26. The van der Waals surface area contributed by atoms with Crippen molar-refractivity contribution in [1.82, 2.24) is 0 Å². The molecule has 0 fully saturated rings. The zero-order chi connectivity index (χ0) is 14.4. The van der Waals surface area contributed by atoms with Crippen molar-refractivity contribution < 1.29 is 14.3 Å². The summed E-state index contributed by atoms with van der Waals surface area (Å²) in [7, 11) is 3.24. The van der Waals surface area contributed by atoms with Crippen LogP contribution in [0, 0.1) is 11.8 Å². The Morgan fingerprint density at radius 3 is 2.16 bits per heavy atom. The Balaban J connectivity index is 2.96. The van der Waals surface area contributed by atoms with Crippen LogP contribution in [0.2, 0.25) is 0 Å². The summed E-state index contributed by atoms with van der Waals surface area (Å²) >= 11 is 0. The molecule has 0 atom stereocenters. The molecule has 0 amide bonds. The Bertz CT molecular complexity index is 455. The van der Waals surface area contributed by atoms with Gasteiger partial charge in [0, 0.05) is 12.0 Å². The second-order valence-electron chi connectivity index (χ2n) is 4.23. The van der Waals surface area contributed by atoms with E-state index in [1.807, 2.05) is 19.1 Å². The summed E-state index contributed by atoms with van der Waals surface area (Å²) in [6.45, 7) is 3.52. The Labute approximate surface area is 114 Å². The number of hydrogen-bond donors (Lipinski definition) is 1. The van der Waals surface area contributed by atoms with Gasteiger partial charge in [-0.2, -0.15) is 0 Å². The van der Waals surface area contributed by atoms with E-state index in [0.717, 1.165) is 29.0 Å². The van der Waals surface area contributed by atoms with Crippen molar-refractivity contribution in [1.29, 1.82) is 5.41 Å². The molecule has 4 heteroatoms. The quantitative estimate of drug-likeness (QED) is 0.768. The van der Waals surface area contributed by atoms with Crippen molar-refractivity contribution in [2.24, 2.45) is 0 Å². The number of carbonyl (C=O) groups excluding carboxylic acids is 1. The van der Waals surface area contributed by atoms with Gasteiger partial charge in [0.2, 0.25) is 0 Å². The lowest BCUT2D eigenvalue weighted by Crippen LogP contribution is -2.10. The molecule has 0 saturated carbocycles. The molecular weight excluding hydrogens is 242 g/mol. The number of carbonyl (C=O) groups is 1. The van der Waals surface area contributed by atoms with Gasteiger partial charge in [-0.3, -0.25) is 4.79 Å². The lowest BCUT2D eigenvalue weighted by molar-refractivity contribution is -0.110. The van der Waals surface area contributed by atoms with Gasteiger partial charge in [0.15, 0.2) is 5.78 Å². The molecule has 0 aliphatic heterocycles. The largest absolute Gasteiger partial charge is 0.496 e. The first kappa shape index (κ1) is 15.2. The van der Waals surface area contributed by atoms with Gasteiger partial charge in [-0.25, -0.2) is 0 Å². The van der Waals surface area contributed by atoms with Crippen molar-refractivity contribution in [3.05, 3.63) is 29.7 Å². The highest BCUT2D eigenvalue weighted by Crippen LogP contribution is 2.31. The first-order chi connectivity index (χ1) is 9.03. The fraction of sp³-hybridized carbons (Fsp3) is 0.400. The lowest BCUT2D eigenvalue weighted by Gasteiger charge is -2.14. The number of hydrogen-bond acceptors (Lipinski definition) is 4. The highest BCUT2D eigenvalue weighted by Gasteiger charge is 2.12. The summed E-state index contributed by atoms with van der Waals surface area (Å²) in [5.41, 5.74) is 1.99. The van der Waals surface area contributed by atoms with E-state index in [4.69, 9.17) is 14.9 Å². The number of ketones is 1. The van der Waals surface area contributed by atoms with E-state index in [1.54, 1.807) is 14.2 Å². The number of rotatable bonds is 7. The van der Waals surface area contributed by atoms with Crippen LogP contribution in [-0.2, 0) is 17.6 Å². The van der Waals surface area contributed by atoms with Gasteiger partial charge < -0.3 is 14.9 Å². The van der Waals surface area contributed by atoms with E-state index in [-0.39, 0.29) is 11.5 Å². The highest BCUT2D eigenvalue weighted by molar-refractivity contribution is 6.40. The molecule has 0 aromatic heterocycles. The van der Waals surface area contributed by atoms with E-state index in [2.05, 4.69) is 0 Å². The van der Waals surface area contributed by atoms with Crippen LogP contribution in [0.3, 0.4) is 0 Å². The van der Waals surface area contributed by atoms with Crippen molar-refractivity contribution in [3.8, 4) is 11.5 Å². The third kappa shape index (κ3) is 3.81. The lowest BCUT2D eigenvalue weighted by atomic mass is 10.0. The molecule has 0 spiro atoms. The third-order valence-electron chi connectivity index (χ3n) is 2.91. The number of methoxy groups -OCH3 is 2. The Morgan fingerprint density at radius 2 is 1.79 bits per heavy atom. The monoisotopic (exact) mass is 262 g/mol. The molecule has 103 valence electrons. The van der Waals surface area contributed by atoms with E-state index in [0.29, 0.717) is 6.42 Å². The molecule has 0 saturated heterocycles. The molecule has 1 aromatic rings. The van der Waals surface area contributed by atoms with Gasteiger partial charge in [0.25, 0.3) is 0 Å². The summed E-state index contributed by atoms with van der Waals surface area (Å²) in [5.74, 6) is 1.28. The number of ether oxygens (including phenoxy) is 2. The average molecular weight is 262 g/mol. The number of benzene rings is 1. The van der Waals surface area contributed by atoms with Crippen LogP contribution in [-0.4, -0.2) is 25.7 Å². The average Bonchev–Trinajstić information content (AvgIpc) is 2.42. The summed E-state index contributed by atoms with van der Waals surface area (Å²) in [6, 6.07) is 3.81. The van der Waals surface area contributed by atoms with Crippen LogP contribution < -0.4 is 9.47 Å². The molecule has 0 heterocycles. The van der Waals surface area contributed by atoms with Gasteiger partial charge in [-0.05, 0) is 37.5 Å². The molecule has 4 nitrogen and oxygen atoms in total. The highest BCUT2D eigenvalue weighted by atomic mass is 16.5. The van der Waals surface area contributed by atoms with E-state index in [1.165, 1.54) is 13.3 Å². The van der Waals surface area contributed by atoms with Crippen molar-refractivity contribution in [2.45, 2.75) is 26.7 Å². The van der Waals surface area contributed by atoms with Gasteiger partial charge in [0.05, 0.1) is 19.9 Å². The Kier molecular flexibility index (Phi) is 5.55. The maximum Gasteiger partial charge on any atom is 0.180 e. The SMILES string of the molecule is CCc1c(OC)cc(C[CH]C(=O)C(C)=N)cc1OC. The second kappa shape index (κ2) is 6.92. The zero-order valence-corrected chi connectivity index (χ0v) is 11.9. The van der Waals surface area contributed by atoms with Crippen LogP contribution >= 0.6 is 0 Å². The predicted molar refractivity (Wildman–Crippen MR) is 75.3 cm³/mol. The van der Waals surface area contributed by atoms with Gasteiger partial charge in [-0.1, -0.05) is 6.92 Å². The minimum atomic E-state index is -0.252. The molecule has 1 aromatic carbocycles. The summed E-state index contributed by atoms with van der Waals surface area (Å²) < 4.78 is 10.7. The van der Waals surface area contributed by atoms with Crippen molar-refractivity contribution >= 4 is 11.5 Å². The number of nitrogens with one attached hydrogen (secondary N) is 1. The zero-order valence-electron chi connectivity index (χ0n) is 11.9. The smallest absolute Gasteiger partial charge is 0.180 e. The maximum atomic E-state index is 11.4. The molecule has 1 rings (SSSR count). The van der Waals surface area contributed by atoms with Crippen LogP contribution in [0.5, 0.6) is 11.5 Å². The fourth-order valence-corrected chi connectivity index (χ4v) is 1.87. The molecule has 0 bridgehead atoms. The normalized spacial score (nSPS) is 10.1. The van der Waals surface area contributed by atoms with Gasteiger partial charge in [0.1, 0.15) is 11.5 Å². The Hall–Kier alpha value is -1.84. The maximum absolute atomic E-state index is 11.4. The minimum absolute atomic E-state index is 0.0455. The molecular formula is C15H20NO3. The third-order valence-corrected chi connectivity index (χ3v) is 2.91. The summed E-state index contributed by atoms with van der Waals surface area (Å²) in [4.78, 5) is 11.4. The van der Waals surface area contributed by atoms with Crippen LogP contribution in [0.4, 0.5) is 0 Å². The van der Waals surface area contributed by atoms with Gasteiger partial charge >= 0.3 is 0 Å². The topological polar surface area (TPSA) is 59.4 Å². The summed E-state index contributed by atoms with van der Waals surface area (Å²) in [6.07, 6.45) is 2.78. The second-order valence-corrected chi connectivity index (χ2v) is 4.23. The first-order valence-corrected chi connectivity index (χ1v) is 6.19. The van der Waals surface area contributed by atoms with Crippen LogP contribution in [0.15, 0.2) is 12.1 Å². The molecule has 19 heavy (non-hydrogen) atoms. The van der Waals surface area contributed by atoms with Crippen LogP contribution in [0.25, 0.3) is 0 Å². The van der Waals surface area contributed by atoms with E-state index in [9.17, 15) is 4.79 Å². The van der Waals surface area contributed by atoms with Crippen LogP contribution in [0.1, 0.15) is 25.0 Å². The van der Waals surface area contributed by atoms with E-state index >= 15 is 0 Å². The first-order valence-electron chi connectivity index (χ1n) is 6.19. The predicted octanol–water partition coefficient (Wildman–Crippen LogP) is 2.62. The minimum Gasteiger partial charge on any atom is -0.496 e. The molecule has 0 aliphatic rings. The standard InChI is InChI=1S/C15H20NO3/c1-5-12-14(18-3)8-11(9-15(12)19-4)6-7-13(17)10(2)16/h7-9,16H,5-6H2,1-4H3. The molecule has 1 radical (unpaired) electrons. The van der Waals surface area contributed by atoms with Crippen molar-refractivity contribution in [2.75, 3.05) is 14.2 Å². The van der Waals surface area contributed by atoms with E-state index < -0.39 is 0 Å². The molecule has 1 N–H and O–H groups in total. The fourth-order valence-electron chi connectivity index (χ4n) is 1.87.